The molecule has 4 nitrogen and oxygen atoms in total. The van der Waals surface area contributed by atoms with Crippen molar-refractivity contribution in [3.8, 4) is 0 Å². The number of hydrogen-bond acceptors (Lipinski definition) is 3. The van der Waals surface area contributed by atoms with E-state index in [1.54, 1.807) is 0 Å². The van der Waals surface area contributed by atoms with Gasteiger partial charge >= 0.3 is 0 Å². The van der Waals surface area contributed by atoms with Crippen molar-refractivity contribution in [3.05, 3.63) is 36.0 Å². The molecule has 0 aliphatic rings. The van der Waals surface area contributed by atoms with E-state index in [0.717, 1.165) is 18.4 Å². The number of aromatic nitrogens is 1. The number of para-hydroxylation sites is 1. The summed E-state index contributed by atoms with van der Waals surface area (Å²) in [7, 11) is -2.94. The van der Waals surface area contributed by atoms with Crippen molar-refractivity contribution in [2.75, 3.05) is 18.6 Å². The van der Waals surface area contributed by atoms with Gasteiger partial charge in [0.25, 0.3) is 0 Å². The van der Waals surface area contributed by atoms with E-state index in [-0.39, 0.29) is 5.75 Å². The normalized spacial score (nSPS) is 12.1. The molecule has 0 radical (unpaired) electrons. The highest BCUT2D eigenvalue weighted by Crippen LogP contribution is 2.22. The first-order valence-corrected chi connectivity index (χ1v) is 8.52. The minimum atomic E-state index is -2.94. The topological polar surface area (TPSA) is 65.1 Å². The van der Waals surface area contributed by atoms with Crippen molar-refractivity contribution in [1.82, 2.24) is 4.57 Å². The maximum atomic E-state index is 11.3. The summed E-state index contributed by atoms with van der Waals surface area (Å²) < 4.78 is 24.6. The molecule has 1 heterocycles. The third-order valence-electron chi connectivity index (χ3n) is 3.22. The van der Waals surface area contributed by atoms with Gasteiger partial charge in [-0.3, -0.25) is 0 Å². The summed E-state index contributed by atoms with van der Waals surface area (Å²) in [6.45, 7) is 1.17. The van der Waals surface area contributed by atoms with Gasteiger partial charge in [-0.15, -0.1) is 0 Å². The van der Waals surface area contributed by atoms with E-state index in [9.17, 15) is 8.42 Å². The fraction of sp³-hybridized carbons (Fsp3) is 0.429. The van der Waals surface area contributed by atoms with Crippen LogP contribution in [0.2, 0.25) is 0 Å². The molecule has 0 spiro atoms. The van der Waals surface area contributed by atoms with E-state index in [1.165, 1.54) is 17.2 Å². The summed E-state index contributed by atoms with van der Waals surface area (Å²) in [5, 5.41) is 1.20. The number of nitrogens with two attached hydrogens (primary N) is 1. The predicted octanol–water partition coefficient (Wildman–Crippen LogP) is 1.58. The van der Waals surface area contributed by atoms with Crippen LogP contribution in [0.4, 0.5) is 0 Å². The van der Waals surface area contributed by atoms with Crippen LogP contribution >= 0.6 is 0 Å². The van der Waals surface area contributed by atoms with Crippen LogP contribution in [0.5, 0.6) is 0 Å². The Labute approximate surface area is 114 Å². The highest BCUT2D eigenvalue weighted by Gasteiger charge is 2.09. The summed E-state index contributed by atoms with van der Waals surface area (Å²) in [5.74, 6) is 0.169. The van der Waals surface area contributed by atoms with Crippen molar-refractivity contribution in [1.29, 1.82) is 0 Å². The molecule has 0 fully saturated rings. The standard InChI is InChI=1S/C14H20N2O2S/c1-19(17,18)10-9-16-11-12(5-4-8-15)13-6-2-3-7-14(13)16/h2-3,6-7,11H,4-5,8-10,15H2,1H3. The molecular weight excluding hydrogens is 260 g/mol. The second-order valence-electron chi connectivity index (χ2n) is 4.89. The Morgan fingerprint density at radius 1 is 1.26 bits per heavy atom. The zero-order chi connectivity index (χ0) is 13.9. The van der Waals surface area contributed by atoms with E-state index in [0.29, 0.717) is 13.1 Å². The molecule has 0 unspecified atom stereocenters. The molecule has 2 N–H and O–H groups in total. The summed E-state index contributed by atoms with van der Waals surface area (Å²) >= 11 is 0. The van der Waals surface area contributed by atoms with Gasteiger partial charge in [0.2, 0.25) is 0 Å². The van der Waals surface area contributed by atoms with Crippen LogP contribution < -0.4 is 5.73 Å². The van der Waals surface area contributed by atoms with Gasteiger partial charge in [-0.05, 0) is 31.0 Å². The summed E-state index contributed by atoms with van der Waals surface area (Å²) in [5.41, 5.74) is 7.90. The Morgan fingerprint density at radius 2 is 2.00 bits per heavy atom. The van der Waals surface area contributed by atoms with Gasteiger partial charge in [0.15, 0.2) is 0 Å². The first-order valence-electron chi connectivity index (χ1n) is 6.46. The lowest BCUT2D eigenvalue weighted by molar-refractivity contribution is 0.596. The highest BCUT2D eigenvalue weighted by atomic mass is 32.2. The zero-order valence-electron chi connectivity index (χ0n) is 11.2. The van der Waals surface area contributed by atoms with Gasteiger partial charge in [-0.25, -0.2) is 8.42 Å². The molecule has 5 heteroatoms. The van der Waals surface area contributed by atoms with Crippen molar-refractivity contribution in [2.24, 2.45) is 5.73 Å². The molecule has 19 heavy (non-hydrogen) atoms. The number of aryl methyl sites for hydroxylation is 2. The number of sulfone groups is 1. The molecular formula is C14H20N2O2S. The average molecular weight is 280 g/mol. The Bertz CT molecular complexity index is 659. The van der Waals surface area contributed by atoms with E-state index in [1.807, 2.05) is 22.8 Å². The third kappa shape index (κ3) is 3.58. The minimum Gasteiger partial charge on any atom is -0.346 e. The molecule has 0 aliphatic carbocycles. The quantitative estimate of drug-likeness (QED) is 0.873. The van der Waals surface area contributed by atoms with Crippen LogP contribution in [-0.4, -0.2) is 31.5 Å². The molecule has 1 aromatic heterocycles. The van der Waals surface area contributed by atoms with Gasteiger partial charge in [-0.2, -0.15) is 0 Å². The van der Waals surface area contributed by atoms with Crippen molar-refractivity contribution in [2.45, 2.75) is 19.4 Å². The lowest BCUT2D eigenvalue weighted by atomic mass is 10.1. The first kappa shape index (κ1) is 14.1. The summed E-state index contributed by atoms with van der Waals surface area (Å²) in [6, 6.07) is 8.10. The Kier molecular flexibility index (Phi) is 4.27. The molecule has 2 aromatic rings. The van der Waals surface area contributed by atoms with Gasteiger partial charge in [0.05, 0.1) is 5.75 Å². The van der Waals surface area contributed by atoms with Crippen molar-refractivity contribution >= 4 is 20.7 Å². The van der Waals surface area contributed by atoms with E-state index in [2.05, 4.69) is 12.3 Å². The smallest absolute Gasteiger partial charge is 0.149 e. The predicted molar refractivity (Wildman–Crippen MR) is 79.0 cm³/mol. The zero-order valence-corrected chi connectivity index (χ0v) is 12.0. The molecule has 0 atom stereocenters. The molecule has 104 valence electrons. The van der Waals surface area contributed by atoms with Crippen LogP contribution in [0, 0.1) is 0 Å². The molecule has 0 saturated carbocycles. The van der Waals surface area contributed by atoms with Crippen LogP contribution in [0.15, 0.2) is 30.5 Å². The molecule has 1 aromatic carbocycles. The van der Waals surface area contributed by atoms with Crippen LogP contribution in [0.3, 0.4) is 0 Å². The lowest BCUT2D eigenvalue weighted by Crippen LogP contribution is -2.10. The lowest BCUT2D eigenvalue weighted by Gasteiger charge is -2.03. The Hall–Kier alpha value is -1.33. The maximum Gasteiger partial charge on any atom is 0.149 e. The number of fused-ring (bicyclic) bond motifs is 1. The van der Waals surface area contributed by atoms with Gasteiger partial charge < -0.3 is 10.3 Å². The summed E-state index contributed by atoms with van der Waals surface area (Å²) in [4.78, 5) is 0. The molecule has 2 rings (SSSR count). The van der Waals surface area contributed by atoms with Gasteiger partial charge in [0, 0.05) is 29.9 Å². The van der Waals surface area contributed by atoms with Gasteiger partial charge in [0.1, 0.15) is 9.84 Å². The fourth-order valence-electron chi connectivity index (χ4n) is 2.26. The second-order valence-corrected chi connectivity index (χ2v) is 7.15. The van der Waals surface area contributed by atoms with E-state index in [4.69, 9.17) is 5.73 Å². The SMILES string of the molecule is CS(=O)(=O)CCn1cc(CCCN)c2ccccc21. The van der Waals surface area contributed by atoms with Crippen LogP contribution in [0.25, 0.3) is 10.9 Å². The average Bonchev–Trinajstić information content (AvgIpc) is 2.72. The van der Waals surface area contributed by atoms with E-state index >= 15 is 0 Å². The molecule has 0 saturated heterocycles. The molecule has 0 aliphatic heterocycles. The molecule has 0 amide bonds. The second kappa shape index (κ2) is 5.75. The fourth-order valence-corrected chi connectivity index (χ4v) is 2.79. The number of hydrogen-bond donors (Lipinski definition) is 1. The third-order valence-corrected chi connectivity index (χ3v) is 4.15. The number of rotatable bonds is 6. The number of benzene rings is 1. The maximum absolute atomic E-state index is 11.3. The summed E-state index contributed by atoms with van der Waals surface area (Å²) in [6.07, 6.45) is 5.21. The number of nitrogens with zero attached hydrogens (tertiary/aromatic N) is 1. The molecule has 0 bridgehead atoms. The van der Waals surface area contributed by atoms with Gasteiger partial charge in [-0.1, -0.05) is 18.2 Å². The first-order chi connectivity index (χ1) is 9.01. The largest absolute Gasteiger partial charge is 0.346 e. The highest BCUT2D eigenvalue weighted by molar-refractivity contribution is 7.90. The van der Waals surface area contributed by atoms with Crippen LogP contribution in [0.1, 0.15) is 12.0 Å². The van der Waals surface area contributed by atoms with Crippen LogP contribution in [-0.2, 0) is 22.8 Å². The Balaban J connectivity index is 2.33. The Morgan fingerprint density at radius 3 is 2.68 bits per heavy atom. The monoisotopic (exact) mass is 280 g/mol. The van der Waals surface area contributed by atoms with Crippen molar-refractivity contribution < 1.29 is 8.42 Å². The van der Waals surface area contributed by atoms with Crippen molar-refractivity contribution in [3.63, 3.8) is 0 Å². The minimum absolute atomic E-state index is 0.169. The van der Waals surface area contributed by atoms with E-state index < -0.39 is 9.84 Å².